The fourth-order valence-corrected chi connectivity index (χ4v) is 3.39. The second-order valence-corrected chi connectivity index (χ2v) is 7.20. The van der Waals surface area contributed by atoms with E-state index in [1.54, 1.807) is 32.0 Å². The molecule has 0 aliphatic carbocycles. The summed E-state index contributed by atoms with van der Waals surface area (Å²) in [4.78, 5) is 24.7. The van der Waals surface area contributed by atoms with Gasteiger partial charge in [0.2, 0.25) is 0 Å². The van der Waals surface area contributed by atoms with Gasteiger partial charge in [-0.2, -0.15) is 0 Å². The van der Waals surface area contributed by atoms with E-state index in [1.165, 1.54) is 6.07 Å². The lowest BCUT2D eigenvalue weighted by Gasteiger charge is -2.16. The first kappa shape index (κ1) is 22.2. The minimum Gasteiger partial charge on any atom is -0.504 e. The van der Waals surface area contributed by atoms with Crippen molar-refractivity contribution in [2.24, 2.45) is 0 Å². The predicted octanol–water partition coefficient (Wildman–Crippen LogP) is 5.36. The van der Waals surface area contributed by atoms with Crippen molar-refractivity contribution in [3.05, 3.63) is 87.5 Å². The van der Waals surface area contributed by atoms with Crippen LogP contribution in [0.4, 0.5) is 0 Å². The molecule has 0 radical (unpaired) electrons. The molecule has 0 aliphatic heterocycles. The van der Waals surface area contributed by atoms with Gasteiger partial charge >= 0.3 is 11.6 Å². The van der Waals surface area contributed by atoms with Gasteiger partial charge in [0.05, 0.1) is 12.2 Å². The standard InChI is InChI=1S/C25H26O6/c1-4-18(14-17-10-7-6-8-11-17)22-15-20(26)23(25(28)31-22)30-21-13-9-12-19(16(21)3)24(27)29-5-2/h6-13,15,18,26H,4-5,14H2,1-3H3. The van der Waals surface area contributed by atoms with Gasteiger partial charge in [0.1, 0.15) is 11.5 Å². The van der Waals surface area contributed by atoms with Gasteiger partial charge in [0.25, 0.3) is 5.75 Å². The summed E-state index contributed by atoms with van der Waals surface area (Å²) in [6.07, 6.45) is 1.42. The molecule has 3 aromatic rings. The Kier molecular flexibility index (Phi) is 7.13. The molecule has 1 atom stereocenters. The number of benzene rings is 2. The van der Waals surface area contributed by atoms with Crippen molar-refractivity contribution in [2.45, 2.75) is 39.5 Å². The monoisotopic (exact) mass is 422 g/mol. The molecule has 0 saturated carbocycles. The van der Waals surface area contributed by atoms with E-state index in [4.69, 9.17) is 13.9 Å². The first-order chi connectivity index (χ1) is 14.9. The fourth-order valence-electron chi connectivity index (χ4n) is 3.39. The van der Waals surface area contributed by atoms with Crippen molar-refractivity contribution < 1.29 is 23.8 Å². The number of rotatable bonds is 8. The predicted molar refractivity (Wildman–Crippen MR) is 117 cm³/mol. The maximum atomic E-state index is 12.6. The minimum atomic E-state index is -0.776. The lowest BCUT2D eigenvalue weighted by Crippen LogP contribution is -2.11. The van der Waals surface area contributed by atoms with Crippen LogP contribution in [-0.4, -0.2) is 17.7 Å². The summed E-state index contributed by atoms with van der Waals surface area (Å²) in [6.45, 7) is 5.65. The van der Waals surface area contributed by atoms with Gasteiger partial charge in [0.15, 0.2) is 5.75 Å². The molecule has 0 amide bonds. The SMILES string of the molecule is CCOC(=O)c1cccc(Oc2c(O)cc(C(CC)Cc3ccccc3)oc2=O)c1C. The number of ether oxygens (including phenoxy) is 2. The van der Waals surface area contributed by atoms with Gasteiger partial charge in [-0.1, -0.05) is 43.3 Å². The smallest absolute Gasteiger partial charge is 0.383 e. The van der Waals surface area contributed by atoms with Gasteiger partial charge in [-0.15, -0.1) is 0 Å². The van der Waals surface area contributed by atoms with Crippen molar-refractivity contribution in [3.63, 3.8) is 0 Å². The number of hydrogen-bond acceptors (Lipinski definition) is 6. The number of aromatic hydroxyl groups is 1. The van der Waals surface area contributed by atoms with E-state index in [0.717, 1.165) is 12.0 Å². The molecule has 6 nitrogen and oxygen atoms in total. The quantitative estimate of drug-likeness (QED) is 0.492. The maximum Gasteiger partial charge on any atom is 0.383 e. The Hall–Kier alpha value is -3.54. The Balaban J connectivity index is 1.88. The summed E-state index contributed by atoms with van der Waals surface area (Å²) in [5.41, 5.74) is 1.17. The number of hydrogen-bond donors (Lipinski definition) is 1. The fraction of sp³-hybridized carbons (Fsp3) is 0.280. The second-order valence-electron chi connectivity index (χ2n) is 7.20. The summed E-state index contributed by atoms with van der Waals surface area (Å²) in [5, 5.41) is 10.5. The first-order valence-electron chi connectivity index (χ1n) is 10.3. The average Bonchev–Trinajstić information content (AvgIpc) is 2.76. The number of esters is 1. The Labute approximate surface area is 181 Å². The van der Waals surface area contributed by atoms with Crippen LogP contribution in [0.1, 0.15) is 53.4 Å². The molecule has 0 aliphatic rings. The Morgan fingerprint density at radius 3 is 2.48 bits per heavy atom. The first-order valence-corrected chi connectivity index (χ1v) is 10.3. The molecule has 3 rings (SSSR count). The van der Waals surface area contributed by atoms with E-state index in [1.807, 2.05) is 37.3 Å². The van der Waals surface area contributed by atoms with Crippen LogP contribution in [0.3, 0.4) is 0 Å². The number of carbonyl (C=O) groups is 1. The molecular formula is C25H26O6. The highest BCUT2D eigenvalue weighted by molar-refractivity contribution is 5.91. The van der Waals surface area contributed by atoms with Crippen molar-refractivity contribution >= 4 is 5.97 Å². The normalized spacial score (nSPS) is 11.7. The molecule has 2 aromatic carbocycles. The van der Waals surface area contributed by atoms with Crippen LogP contribution in [0.5, 0.6) is 17.2 Å². The zero-order valence-electron chi connectivity index (χ0n) is 17.9. The Morgan fingerprint density at radius 1 is 1.10 bits per heavy atom. The van der Waals surface area contributed by atoms with Gasteiger partial charge in [-0.3, -0.25) is 0 Å². The van der Waals surface area contributed by atoms with Crippen molar-refractivity contribution in [2.75, 3.05) is 6.61 Å². The molecule has 31 heavy (non-hydrogen) atoms. The highest BCUT2D eigenvalue weighted by Crippen LogP contribution is 2.34. The van der Waals surface area contributed by atoms with E-state index < -0.39 is 11.6 Å². The molecule has 6 heteroatoms. The Bertz CT molecular complexity index is 1100. The van der Waals surface area contributed by atoms with Gasteiger partial charge in [-0.05, 0) is 44.4 Å². The van der Waals surface area contributed by atoms with Crippen LogP contribution in [-0.2, 0) is 11.2 Å². The Morgan fingerprint density at radius 2 is 1.84 bits per heavy atom. The summed E-state index contributed by atoms with van der Waals surface area (Å²) in [7, 11) is 0. The molecule has 0 spiro atoms. The molecule has 1 heterocycles. The molecular weight excluding hydrogens is 396 g/mol. The number of carbonyl (C=O) groups excluding carboxylic acids is 1. The summed E-state index contributed by atoms with van der Waals surface area (Å²) < 4.78 is 16.2. The zero-order valence-corrected chi connectivity index (χ0v) is 17.9. The van der Waals surface area contributed by atoms with Crippen molar-refractivity contribution in [1.82, 2.24) is 0 Å². The van der Waals surface area contributed by atoms with Crippen LogP contribution >= 0.6 is 0 Å². The molecule has 0 saturated heterocycles. The van der Waals surface area contributed by atoms with Crippen molar-refractivity contribution in [1.29, 1.82) is 0 Å². The van der Waals surface area contributed by atoms with E-state index in [2.05, 4.69) is 0 Å². The third-order valence-corrected chi connectivity index (χ3v) is 5.12. The maximum absolute atomic E-state index is 12.6. The zero-order chi connectivity index (χ0) is 22.4. The lowest BCUT2D eigenvalue weighted by atomic mass is 9.94. The molecule has 1 N–H and O–H groups in total. The van der Waals surface area contributed by atoms with Gasteiger partial charge in [0, 0.05) is 17.5 Å². The van der Waals surface area contributed by atoms with E-state index in [-0.39, 0.29) is 29.8 Å². The highest BCUT2D eigenvalue weighted by Gasteiger charge is 2.21. The molecule has 0 bridgehead atoms. The topological polar surface area (TPSA) is 86.0 Å². The summed E-state index contributed by atoms with van der Waals surface area (Å²) in [5.74, 6) is -0.510. The van der Waals surface area contributed by atoms with Crippen LogP contribution in [0.25, 0.3) is 0 Å². The summed E-state index contributed by atoms with van der Waals surface area (Å²) >= 11 is 0. The van der Waals surface area contributed by atoms with Crippen LogP contribution in [0.15, 0.2) is 63.8 Å². The highest BCUT2D eigenvalue weighted by atomic mass is 16.5. The van der Waals surface area contributed by atoms with Crippen LogP contribution < -0.4 is 10.4 Å². The third-order valence-electron chi connectivity index (χ3n) is 5.12. The second kappa shape index (κ2) is 9.98. The van der Waals surface area contributed by atoms with E-state index >= 15 is 0 Å². The largest absolute Gasteiger partial charge is 0.504 e. The van der Waals surface area contributed by atoms with Crippen LogP contribution in [0, 0.1) is 6.92 Å². The molecule has 162 valence electrons. The minimum absolute atomic E-state index is 0.0658. The van der Waals surface area contributed by atoms with E-state index in [9.17, 15) is 14.7 Å². The van der Waals surface area contributed by atoms with E-state index in [0.29, 0.717) is 23.3 Å². The van der Waals surface area contributed by atoms with Crippen LogP contribution in [0.2, 0.25) is 0 Å². The van der Waals surface area contributed by atoms with Crippen molar-refractivity contribution in [3.8, 4) is 17.2 Å². The molecule has 0 fully saturated rings. The lowest BCUT2D eigenvalue weighted by molar-refractivity contribution is 0.0525. The summed E-state index contributed by atoms with van der Waals surface area (Å²) in [6, 6.07) is 16.2. The molecule has 1 aromatic heterocycles. The average molecular weight is 422 g/mol. The molecule has 1 unspecified atom stereocenters. The van der Waals surface area contributed by atoms with Gasteiger partial charge in [-0.25, -0.2) is 9.59 Å². The third kappa shape index (κ3) is 5.15. The van der Waals surface area contributed by atoms with Gasteiger partial charge < -0.3 is 19.0 Å².